The molecule has 1 amide bonds. The van der Waals surface area contributed by atoms with Crippen molar-refractivity contribution in [1.29, 1.82) is 0 Å². The van der Waals surface area contributed by atoms with E-state index < -0.39 is 0 Å². The molecule has 0 unspecified atom stereocenters. The van der Waals surface area contributed by atoms with Gasteiger partial charge in [0.15, 0.2) is 11.5 Å². The molecule has 0 saturated carbocycles. The number of hydrogen-bond donors (Lipinski definition) is 4. The van der Waals surface area contributed by atoms with Gasteiger partial charge in [-0.15, -0.1) is 0 Å². The van der Waals surface area contributed by atoms with Gasteiger partial charge in [-0.1, -0.05) is 32.4 Å². The van der Waals surface area contributed by atoms with Crippen LogP contribution >= 0.6 is 12.6 Å². The first-order valence-corrected chi connectivity index (χ1v) is 10.1. The summed E-state index contributed by atoms with van der Waals surface area (Å²) in [7, 11) is 3.21. The molecule has 0 bridgehead atoms. The molecule has 1 aliphatic heterocycles. The zero-order chi connectivity index (χ0) is 19.8. The Morgan fingerprint density at radius 1 is 1.37 bits per heavy atom. The molecule has 1 aromatic rings. The van der Waals surface area contributed by atoms with Gasteiger partial charge in [0.05, 0.1) is 20.3 Å². The van der Waals surface area contributed by atoms with E-state index in [0.29, 0.717) is 29.3 Å². The summed E-state index contributed by atoms with van der Waals surface area (Å²) in [6, 6.07) is 5.81. The summed E-state index contributed by atoms with van der Waals surface area (Å²) in [4.78, 5) is 12.9. The Morgan fingerprint density at radius 2 is 2.15 bits per heavy atom. The van der Waals surface area contributed by atoms with E-state index in [0.717, 1.165) is 31.5 Å². The zero-order valence-electron chi connectivity index (χ0n) is 16.7. The van der Waals surface area contributed by atoms with Crippen molar-refractivity contribution in [2.45, 2.75) is 50.6 Å². The fourth-order valence-corrected chi connectivity index (χ4v) is 3.76. The lowest BCUT2D eigenvalue weighted by molar-refractivity contribution is -0.124. The number of nitrogens with one attached hydrogen (secondary N) is 3. The van der Waals surface area contributed by atoms with Crippen LogP contribution in [0.3, 0.4) is 0 Å². The number of carbonyl (C=O) groups is 1. The van der Waals surface area contributed by atoms with E-state index in [1.165, 1.54) is 0 Å². The third-order valence-electron chi connectivity index (χ3n) is 5.22. The van der Waals surface area contributed by atoms with Crippen molar-refractivity contribution < 1.29 is 14.3 Å². The van der Waals surface area contributed by atoms with Gasteiger partial charge in [0.25, 0.3) is 0 Å². The number of carbonyl (C=O) groups excluding carboxylic acids is 1. The summed E-state index contributed by atoms with van der Waals surface area (Å²) in [5, 5.41) is 10.3. The first-order chi connectivity index (χ1) is 13.0. The number of thiol groups is 1. The quantitative estimate of drug-likeness (QED) is 0.456. The average molecular weight is 396 g/mol. The first kappa shape index (κ1) is 21.9. The topological polar surface area (TPSA) is 71.6 Å². The summed E-state index contributed by atoms with van der Waals surface area (Å²) in [5.41, 5.74) is 0.892. The molecule has 0 aliphatic carbocycles. The second kappa shape index (κ2) is 10.8. The maximum absolute atomic E-state index is 12.9. The first-order valence-electron chi connectivity index (χ1n) is 9.62. The number of rotatable bonds is 10. The fraction of sp³-hybridized carbons (Fsp3) is 0.650. The Morgan fingerprint density at radius 3 is 2.74 bits per heavy atom. The van der Waals surface area contributed by atoms with E-state index in [1.807, 2.05) is 18.2 Å². The molecular formula is C20H33N3O3S. The van der Waals surface area contributed by atoms with Crippen LogP contribution in [0.15, 0.2) is 18.2 Å². The molecule has 27 heavy (non-hydrogen) atoms. The summed E-state index contributed by atoms with van der Waals surface area (Å²) in [6.45, 7) is 6.30. The molecule has 152 valence electrons. The van der Waals surface area contributed by atoms with Crippen LogP contribution in [0.4, 0.5) is 0 Å². The summed E-state index contributed by atoms with van der Waals surface area (Å²) in [5.74, 6) is 1.57. The minimum absolute atomic E-state index is 0.00893. The maximum atomic E-state index is 12.9. The van der Waals surface area contributed by atoms with Crippen molar-refractivity contribution in [3.8, 4) is 11.5 Å². The van der Waals surface area contributed by atoms with Gasteiger partial charge in [0.1, 0.15) is 0 Å². The van der Waals surface area contributed by atoms with Crippen LogP contribution in [-0.2, 0) is 11.3 Å². The molecule has 1 fully saturated rings. The van der Waals surface area contributed by atoms with Gasteiger partial charge < -0.3 is 25.4 Å². The molecule has 4 atom stereocenters. The summed E-state index contributed by atoms with van der Waals surface area (Å²) < 4.78 is 10.8. The van der Waals surface area contributed by atoms with E-state index >= 15 is 0 Å². The maximum Gasteiger partial charge on any atom is 0.237 e. The molecule has 0 aromatic heterocycles. The van der Waals surface area contributed by atoms with Crippen molar-refractivity contribution in [3.63, 3.8) is 0 Å². The standard InChI is InChI=1S/C20H33N3O3S/c1-5-13(2)18(22-11-15-9-16(27)12-21-15)20(24)23-10-14-7-6-8-17(25-3)19(14)26-4/h6-8,13,15-16,18,21-22,27H,5,9-12H2,1-4H3,(H,23,24)/t13-,15+,16+,18-/m0/s1. The third kappa shape index (κ3) is 6.02. The van der Waals surface area contributed by atoms with Crippen molar-refractivity contribution in [3.05, 3.63) is 23.8 Å². The monoisotopic (exact) mass is 395 g/mol. The van der Waals surface area contributed by atoms with E-state index in [9.17, 15) is 4.79 Å². The van der Waals surface area contributed by atoms with Crippen molar-refractivity contribution in [1.82, 2.24) is 16.0 Å². The Kier molecular flexibility index (Phi) is 8.73. The van der Waals surface area contributed by atoms with Gasteiger partial charge in [-0.05, 0) is 18.4 Å². The minimum Gasteiger partial charge on any atom is -0.493 e. The largest absolute Gasteiger partial charge is 0.493 e. The molecule has 2 rings (SSSR count). The Balaban J connectivity index is 1.97. The molecule has 1 saturated heterocycles. The van der Waals surface area contributed by atoms with Crippen LogP contribution in [-0.4, -0.2) is 50.5 Å². The van der Waals surface area contributed by atoms with E-state index in [1.54, 1.807) is 14.2 Å². The van der Waals surface area contributed by atoms with Crippen LogP contribution in [0.5, 0.6) is 11.5 Å². The number of amides is 1. The number of para-hydroxylation sites is 1. The average Bonchev–Trinajstić information content (AvgIpc) is 3.10. The Bertz CT molecular complexity index is 614. The molecular weight excluding hydrogens is 362 g/mol. The normalized spacial score (nSPS) is 21.5. The number of methoxy groups -OCH3 is 2. The lowest BCUT2D eigenvalue weighted by Crippen LogP contribution is -2.50. The Labute approximate surface area is 168 Å². The van der Waals surface area contributed by atoms with Crippen LogP contribution in [0.2, 0.25) is 0 Å². The lowest BCUT2D eigenvalue weighted by Gasteiger charge is -2.25. The molecule has 1 aromatic carbocycles. The minimum atomic E-state index is -0.229. The summed E-state index contributed by atoms with van der Waals surface area (Å²) >= 11 is 4.51. The number of hydrogen-bond acceptors (Lipinski definition) is 6. The molecule has 0 radical (unpaired) electrons. The molecule has 3 N–H and O–H groups in total. The molecule has 7 heteroatoms. The van der Waals surface area contributed by atoms with Gasteiger partial charge in [-0.3, -0.25) is 4.79 Å². The number of ether oxygens (including phenoxy) is 2. The van der Waals surface area contributed by atoms with Crippen molar-refractivity contribution in [2.75, 3.05) is 27.3 Å². The van der Waals surface area contributed by atoms with Crippen molar-refractivity contribution >= 4 is 18.5 Å². The van der Waals surface area contributed by atoms with E-state index in [2.05, 4.69) is 42.4 Å². The highest BCUT2D eigenvalue weighted by Gasteiger charge is 2.27. The zero-order valence-corrected chi connectivity index (χ0v) is 17.6. The highest BCUT2D eigenvalue weighted by atomic mass is 32.1. The third-order valence-corrected chi connectivity index (χ3v) is 5.61. The van der Waals surface area contributed by atoms with Crippen LogP contribution in [0.1, 0.15) is 32.3 Å². The predicted molar refractivity (Wildman–Crippen MR) is 112 cm³/mol. The highest BCUT2D eigenvalue weighted by Crippen LogP contribution is 2.30. The Hall–Kier alpha value is -1.44. The van der Waals surface area contributed by atoms with Crippen LogP contribution in [0.25, 0.3) is 0 Å². The second-order valence-electron chi connectivity index (χ2n) is 7.14. The van der Waals surface area contributed by atoms with Gasteiger partial charge in [0.2, 0.25) is 5.91 Å². The van der Waals surface area contributed by atoms with Crippen LogP contribution in [0, 0.1) is 5.92 Å². The van der Waals surface area contributed by atoms with Crippen LogP contribution < -0.4 is 25.4 Å². The fourth-order valence-electron chi connectivity index (χ4n) is 3.40. The van der Waals surface area contributed by atoms with Gasteiger partial charge >= 0.3 is 0 Å². The molecule has 0 spiro atoms. The smallest absolute Gasteiger partial charge is 0.237 e. The molecule has 1 aliphatic rings. The predicted octanol–water partition coefficient (Wildman–Crippen LogP) is 1.98. The van der Waals surface area contributed by atoms with E-state index in [4.69, 9.17) is 9.47 Å². The summed E-state index contributed by atoms with van der Waals surface area (Å²) in [6.07, 6.45) is 1.95. The SMILES string of the molecule is CC[C@H](C)[C@H](NC[C@H]1C[C@@H](S)CN1)C(=O)NCc1cccc(OC)c1OC. The van der Waals surface area contributed by atoms with E-state index in [-0.39, 0.29) is 17.9 Å². The van der Waals surface area contributed by atoms with Crippen molar-refractivity contribution in [2.24, 2.45) is 5.92 Å². The van der Waals surface area contributed by atoms with Gasteiger partial charge in [-0.25, -0.2) is 0 Å². The van der Waals surface area contributed by atoms with Gasteiger partial charge in [-0.2, -0.15) is 12.6 Å². The number of benzene rings is 1. The lowest BCUT2D eigenvalue weighted by atomic mass is 9.97. The second-order valence-corrected chi connectivity index (χ2v) is 7.87. The highest BCUT2D eigenvalue weighted by molar-refractivity contribution is 7.81. The van der Waals surface area contributed by atoms with Gasteiger partial charge in [0, 0.05) is 36.5 Å². The molecule has 1 heterocycles. The molecule has 6 nitrogen and oxygen atoms in total.